The molecule has 6 heteroatoms. The van der Waals surface area contributed by atoms with Gasteiger partial charge in [0.05, 0.1) is 13.2 Å². The Morgan fingerprint density at radius 3 is 2.33 bits per heavy atom. The van der Waals surface area contributed by atoms with E-state index in [1.54, 1.807) is 0 Å². The zero-order valence-electron chi connectivity index (χ0n) is 12.0. The summed E-state index contributed by atoms with van der Waals surface area (Å²) in [7, 11) is 0. The summed E-state index contributed by atoms with van der Waals surface area (Å²) in [6.45, 7) is 2.73. The van der Waals surface area contributed by atoms with Crippen LogP contribution in [0.1, 0.15) is 5.69 Å². The molecule has 0 radical (unpaired) electrons. The van der Waals surface area contributed by atoms with Crippen LogP contribution in [-0.2, 0) is 0 Å². The number of nitrogens with one attached hydrogen (secondary N) is 1. The molecule has 3 N–H and O–H groups in total. The van der Waals surface area contributed by atoms with E-state index in [0.29, 0.717) is 24.9 Å². The summed E-state index contributed by atoms with van der Waals surface area (Å²) >= 11 is 0. The van der Waals surface area contributed by atoms with Gasteiger partial charge < -0.3 is 20.4 Å². The maximum Gasteiger partial charge on any atom is 0.229 e. The van der Waals surface area contributed by atoms with Gasteiger partial charge in [-0.05, 0) is 19.1 Å². The third-order valence-corrected chi connectivity index (χ3v) is 2.93. The van der Waals surface area contributed by atoms with Crippen molar-refractivity contribution in [2.75, 3.05) is 36.5 Å². The molecular formula is C15H20N4O2. The molecule has 1 heterocycles. The number of aliphatic hydroxyl groups is 2. The lowest BCUT2D eigenvalue weighted by Crippen LogP contribution is -2.30. The summed E-state index contributed by atoms with van der Waals surface area (Å²) in [5, 5.41) is 21.4. The van der Waals surface area contributed by atoms with E-state index in [-0.39, 0.29) is 13.2 Å². The van der Waals surface area contributed by atoms with Crippen LogP contribution in [0.2, 0.25) is 0 Å². The first-order valence-electron chi connectivity index (χ1n) is 6.87. The smallest absolute Gasteiger partial charge is 0.229 e. The molecule has 0 aliphatic rings. The fourth-order valence-corrected chi connectivity index (χ4v) is 2.00. The van der Waals surface area contributed by atoms with Crippen LogP contribution >= 0.6 is 0 Å². The highest BCUT2D eigenvalue weighted by Gasteiger charge is 2.10. The van der Waals surface area contributed by atoms with E-state index >= 15 is 0 Å². The van der Waals surface area contributed by atoms with Gasteiger partial charge in [0, 0.05) is 30.5 Å². The lowest BCUT2D eigenvalue weighted by atomic mass is 10.3. The minimum Gasteiger partial charge on any atom is -0.395 e. The first-order chi connectivity index (χ1) is 10.2. The maximum absolute atomic E-state index is 9.12. The van der Waals surface area contributed by atoms with E-state index in [4.69, 9.17) is 10.2 Å². The van der Waals surface area contributed by atoms with Gasteiger partial charge in [-0.1, -0.05) is 18.2 Å². The number of para-hydroxylation sites is 1. The number of anilines is 3. The van der Waals surface area contributed by atoms with E-state index in [2.05, 4.69) is 15.3 Å². The number of aromatic nitrogens is 2. The SMILES string of the molecule is Cc1cc(N(CCO)CCO)nc(Nc2ccccc2)n1. The number of nitrogens with zero attached hydrogens (tertiary/aromatic N) is 3. The average molecular weight is 288 g/mol. The normalized spacial score (nSPS) is 10.4. The van der Waals surface area contributed by atoms with E-state index in [9.17, 15) is 0 Å². The lowest BCUT2D eigenvalue weighted by molar-refractivity contribution is 0.280. The van der Waals surface area contributed by atoms with Gasteiger partial charge in [-0.3, -0.25) is 0 Å². The second-order valence-electron chi connectivity index (χ2n) is 4.62. The fourth-order valence-electron chi connectivity index (χ4n) is 2.00. The Balaban J connectivity index is 2.23. The number of rotatable bonds is 7. The summed E-state index contributed by atoms with van der Waals surface area (Å²) in [4.78, 5) is 10.6. The van der Waals surface area contributed by atoms with Gasteiger partial charge in [0.2, 0.25) is 5.95 Å². The van der Waals surface area contributed by atoms with Crippen LogP contribution in [0.5, 0.6) is 0 Å². The van der Waals surface area contributed by atoms with E-state index in [1.807, 2.05) is 48.2 Å². The van der Waals surface area contributed by atoms with Crippen LogP contribution < -0.4 is 10.2 Å². The average Bonchev–Trinajstić information content (AvgIpc) is 2.47. The Bertz CT molecular complexity index is 557. The van der Waals surface area contributed by atoms with E-state index < -0.39 is 0 Å². The Hall–Kier alpha value is -2.18. The predicted molar refractivity (Wildman–Crippen MR) is 82.9 cm³/mol. The number of hydrogen-bond acceptors (Lipinski definition) is 6. The molecule has 6 nitrogen and oxygen atoms in total. The molecule has 21 heavy (non-hydrogen) atoms. The molecule has 0 spiro atoms. The van der Waals surface area contributed by atoms with Crippen LogP contribution in [0.15, 0.2) is 36.4 Å². The largest absolute Gasteiger partial charge is 0.395 e. The monoisotopic (exact) mass is 288 g/mol. The molecule has 0 saturated carbocycles. The van der Waals surface area contributed by atoms with Crippen LogP contribution in [-0.4, -0.2) is 46.5 Å². The second kappa shape index (κ2) is 7.56. The molecule has 1 aromatic heterocycles. The van der Waals surface area contributed by atoms with Crippen molar-refractivity contribution in [2.24, 2.45) is 0 Å². The summed E-state index contributed by atoms with van der Waals surface area (Å²) in [5.41, 5.74) is 1.73. The first kappa shape index (κ1) is 15.2. The van der Waals surface area contributed by atoms with Crippen LogP contribution in [0.4, 0.5) is 17.5 Å². The van der Waals surface area contributed by atoms with Crippen molar-refractivity contribution in [2.45, 2.75) is 6.92 Å². The van der Waals surface area contributed by atoms with Crippen LogP contribution in [0.3, 0.4) is 0 Å². The van der Waals surface area contributed by atoms with Crippen molar-refractivity contribution in [1.29, 1.82) is 0 Å². The highest BCUT2D eigenvalue weighted by atomic mass is 16.3. The van der Waals surface area contributed by atoms with Crippen molar-refractivity contribution in [3.8, 4) is 0 Å². The molecule has 0 amide bonds. The quantitative estimate of drug-likeness (QED) is 0.713. The molecular weight excluding hydrogens is 268 g/mol. The topological polar surface area (TPSA) is 81.5 Å². The molecule has 2 aromatic rings. The standard InChI is InChI=1S/C15H20N4O2/c1-12-11-14(19(7-9-20)8-10-21)18-15(16-12)17-13-5-3-2-4-6-13/h2-6,11,20-21H,7-10H2,1H3,(H,16,17,18). The number of hydrogen-bond donors (Lipinski definition) is 3. The van der Waals surface area contributed by atoms with Gasteiger partial charge in [-0.25, -0.2) is 4.98 Å². The molecule has 112 valence electrons. The van der Waals surface area contributed by atoms with Crippen LogP contribution in [0.25, 0.3) is 0 Å². The summed E-state index contributed by atoms with van der Waals surface area (Å²) in [6, 6.07) is 11.5. The van der Waals surface area contributed by atoms with Gasteiger partial charge in [-0.2, -0.15) is 4.98 Å². The van der Waals surface area contributed by atoms with Gasteiger partial charge in [0.25, 0.3) is 0 Å². The maximum atomic E-state index is 9.12. The minimum absolute atomic E-state index is 0.00446. The van der Waals surface area contributed by atoms with Gasteiger partial charge in [0.1, 0.15) is 5.82 Å². The summed E-state index contributed by atoms with van der Waals surface area (Å²) < 4.78 is 0. The molecule has 0 atom stereocenters. The van der Waals surface area contributed by atoms with E-state index in [1.165, 1.54) is 0 Å². The Labute approximate surface area is 124 Å². The molecule has 0 fully saturated rings. The van der Waals surface area contributed by atoms with E-state index in [0.717, 1.165) is 11.4 Å². The van der Waals surface area contributed by atoms with Gasteiger partial charge in [0.15, 0.2) is 0 Å². The number of benzene rings is 1. The highest BCUT2D eigenvalue weighted by Crippen LogP contribution is 2.17. The van der Waals surface area contributed by atoms with Crippen molar-refractivity contribution < 1.29 is 10.2 Å². The predicted octanol–water partition coefficient (Wildman–Crippen LogP) is 1.32. The lowest BCUT2D eigenvalue weighted by Gasteiger charge is -2.22. The van der Waals surface area contributed by atoms with Crippen molar-refractivity contribution >= 4 is 17.5 Å². The molecule has 0 saturated heterocycles. The van der Waals surface area contributed by atoms with Crippen molar-refractivity contribution in [1.82, 2.24) is 9.97 Å². The van der Waals surface area contributed by atoms with Crippen LogP contribution in [0, 0.1) is 6.92 Å². The molecule has 1 aromatic carbocycles. The van der Waals surface area contributed by atoms with Crippen molar-refractivity contribution in [3.63, 3.8) is 0 Å². The van der Waals surface area contributed by atoms with Crippen molar-refractivity contribution in [3.05, 3.63) is 42.1 Å². The van der Waals surface area contributed by atoms with Gasteiger partial charge in [-0.15, -0.1) is 0 Å². The third kappa shape index (κ3) is 4.40. The minimum atomic E-state index is 0.00446. The number of aryl methyl sites for hydroxylation is 1. The fraction of sp³-hybridized carbons (Fsp3) is 0.333. The zero-order chi connectivity index (χ0) is 15.1. The second-order valence-corrected chi connectivity index (χ2v) is 4.62. The molecule has 0 bridgehead atoms. The zero-order valence-corrected chi connectivity index (χ0v) is 12.0. The molecule has 0 unspecified atom stereocenters. The summed E-state index contributed by atoms with van der Waals surface area (Å²) in [5.74, 6) is 1.18. The first-order valence-corrected chi connectivity index (χ1v) is 6.87. The molecule has 0 aliphatic heterocycles. The Kier molecular flexibility index (Phi) is 5.48. The third-order valence-electron chi connectivity index (χ3n) is 2.93. The molecule has 2 rings (SSSR count). The Morgan fingerprint density at radius 1 is 1.05 bits per heavy atom. The highest BCUT2D eigenvalue weighted by molar-refractivity contribution is 5.55. The number of aliphatic hydroxyl groups excluding tert-OH is 2. The van der Waals surface area contributed by atoms with Gasteiger partial charge >= 0.3 is 0 Å². The summed E-state index contributed by atoms with van der Waals surface area (Å²) in [6.07, 6.45) is 0. The Morgan fingerprint density at radius 2 is 1.71 bits per heavy atom. The molecule has 0 aliphatic carbocycles.